The maximum Gasteiger partial charge on any atom is 0.235 e. The maximum atomic E-state index is 10.3. The number of nitrogens with zero attached hydrogens (tertiary/aromatic N) is 1. The van der Waals surface area contributed by atoms with E-state index in [1.807, 2.05) is 25.1 Å². The SMILES string of the molecule is Cc1ccc(Br)cc1C1(N=C=O)CC1. The number of aryl methyl sites for hydroxylation is 1. The molecule has 0 saturated heterocycles. The molecule has 0 aromatic heterocycles. The Morgan fingerprint density at radius 1 is 1.50 bits per heavy atom. The van der Waals surface area contributed by atoms with Gasteiger partial charge in [-0.05, 0) is 43.0 Å². The second-order valence-corrected chi connectivity index (χ2v) is 4.61. The molecule has 0 amide bonds. The van der Waals surface area contributed by atoms with E-state index < -0.39 is 0 Å². The number of carbonyl (C=O) groups excluding carboxylic acids is 1. The first-order chi connectivity index (χ1) is 6.68. The average molecular weight is 252 g/mol. The third-order valence-electron chi connectivity index (χ3n) is 2.68. The molecule has 0 N–H and O–H groups in total. The quantitative estimate of drug-likeness (QED) is 0.587. The predicted molar refractivity (Wildman–Crippen MR) is 57.9 cm³/mol. The lowest BCUT2D eigenvalue weighted by molar-refractivity contribution is 0.556. The topological polar surface area (TPSA) is 29.4 Å². The van der Waals surface area contributed by atoms with Crippen molar-refractivity contribution in [2.24, 2.45) is 4.99 Å². The summed E-state index contributed by atoms with van der Waals surface area (Å²) in [5.41, 5.74) is 2.08. The fraction of sp³-hybridized carbons (Fsp3) is 0.364. The molecule has 0 atom stereocenters. The summed E-state index contributed by atoms with van der Waals surface area (Å²) in [7, 11) is 0. The van der Waals surface area contributed by atoms with Crippen LogP contribution in [0.3, 0.4) is 0 Å². The summed E-state index contributed by atoms with van der Waals surface area (Å²) >= 11 is 3.43. The molecule has 72 valence electrons. The van der Waals surface area contributed by atoms with Crippen molar-refractivity contribution < 1.29 is 4.79 Å². The lowest BCUT2D eigenvalue weighted by Gasteiger charge is -2.11. The minimum Gasteiger partial charge on any atom is -0.211 e. The Kier molecular flexibility index (Phi) is 2.30. The summed E-state index contributed by atoms with van der Waals surface area (Å²) in [4.78, 5) is 14.2. The molecule has 14 heavy (non-hydrogen) atoms. The molecule has 2 nitrogen and oxygen atoms in total. The monoisotopic (exact) mass is 251 g/mol. The van der Waals surface area contributed by atoms with Gasteiger partial charge in [0.15, 0.2) is 0 Å². The molecular weight excluding hydrogens is 242 g/mol. The minimum absolute atomic E-state index is 0.254. The molecule has 1 saturated carbocycles. The van der Waals surface area contributed by atoms with Crippen LogP contribution in [0, 0.1) is 6.92 Å². The van der Waals surface area contributed by atoms with E-state index in [9.17, 15) is 4.79 Å². The Hall–Kier alpha value is -0.920. The van der Waals surface area contributed by atoms with Gasteiger partial charge < -0.3 is 0 Å². The number of halogens is 1. The molecule has 0 radical (unpaired) electrons. The van der Waals surface area contributed by atoms with E-state index in [-0.39, 0.29) is 5.54 Å². The zero-order valence-electron chi connectivity index (χ0n) is 7.88. The Balaban J connectivity index is 2.50. The van der Waals surface area contributed by atoms with Gasteiger partial charge in [-0.15, -0.1) is 0 Å². The van der Waals surface area contributed by atoms with Gasteiger partial charge in [0, 0.05) is 4.47 Å². The highest BCUT2D eigenvalue weighted by Gasteiger charge is 2.45. The van der Waals surface area contributed by atoms with Crippen LogP contribution in [-0.2, 0) is 10.3 Å². The van der Waals surface area contributed by atoms with Crippen molar-refractivity contribution in [2.45, 2.75) is 25.3 Å². The van der Waals surface area contributed by atoms with Crippen molar-refractivity contribution in [2.75, 3.05) is 0 Å². The molecule has 1 aliphatic rings. The third-order valence-corrected chi connectivity index (χ3v) is 3.18. The zero-order chi connectivity index (χ0) is 10.2. The number of rotatable bonds is 2. The van der Waals surface area contributed by atoms with Gasteiger partial charge in [0.1, 0.15) is 0 Å². The summed E-state index contributed by atoms with van der Waals surface area (Å²) in [5, 5.41) is 0. The smallest absolute Gasteiger partial charge is 0.211 e. The van der Waals surface area contributed by atoms with Gasteiger partial charge in [-0.1, -0.05) is 22.0 Å². The van der Waals surface area contributed by atoms with E-state index in [0.717, 1.165) is 22.9 Å². The molecule has 0 spiro atoms. The molecule has 0 bridgehead atoms. The van der Waals surface area contributed by atoms with Gasteiger partial charge in [-0.2, -0.15) is 4.99 Å². The predicted octanol–water partition coefficient (Wildman–Crippen LogP) is 3.08. The molecule has 2 rings (SSSR count). The fourth-order valence-electron chi connectivity index (χ4n) is 1.74. The molecule has 0 heterocycles. The first-order valence-corrected chi connectivity index (χ1v) is 5.33. The molecule has 1 aliphatic carbocycles. The van der Waals surface area contributed by atoms with Crippen LogP contribution in [0.1, 0.15) is 24.0 Å². The van der Waals surface area contributed by atoms with Gasteiger partial charge in [0.2, 0.25) is 6.08 Å². The van der Waals surface area contributed by atoms with Gasteiger partial charge in [0.25, 0.3) is 0 Å². The molecule has 0 aliphatic heterocycles. The molecule has 1 fully saturated rings. The van der Waals surface area contributed by atoms with Crippen LogP contribution in [0.15, 0.2) is 27.7 Å². The van der Waals surface area contributed by atoms with Crippen LogP contribution in [0.25, 0.3) is 0 Å². The van der Waals surface area contributed by atoms with E-state index in [0.29, 0.717) is 0 Å². The number of hydrogen-bond donors (Lipinski definition) is 0. The second-order valence-electron chi connectivity index (χ2n) is 3.69. The summed E-state index contributed by atoms with van der Waals surface area (Å²) in [6.45, 7) is 2.04. The van der Waals surface area contributed by atoms with Crippen molar-refractivity contribution in [1.29, 1.82) is 0 Å². The Morgan fingerprint density at radius 3 is 2.79 bits per heavy atom. The van der Waals surface area contributed by atoms with Crippen molar-refractivity contribution >= 4 is 22.0 Å². The van der Waals surface area contributed by atoms with E-state index >= 15 is 0 Å². The number of benzene rings is 1. The highest BCUT2D eigenvalue weighted by Crippen LogP contribution is 2.50. The lowest BCUT2D eigenvalue weighted by atomic mass is 10.00. The van der Waals surface area contributed by atoms with Crippen LogP contribution in [0.2, 0.25) is 0 Å². The van der Waals surface area contributed by atoms with Crippen molar-refractivity contribution in [3.8, 4) is 0 Å². The van der Waals surface area contributed by atoms with E-state index in [2.05, 4.69) is 20.9 Å². The first-order valence-electron chi connectivity index (χ1n) is 4.54. The molecule has 0 unspecified atom stereocenters. The van der Waals surface area contributed by atoms with E-state index in [4.69, 9.17) is 0 Å². The van der Waals surface area contributed by atoms with Crippen molar-refractivity contribution in [3.05, 3.63) is 33.8 Å². The van der Waals surface area contributed by atoms with Crippen LogP contribution in [0.4, 0.5) is 0 Å². The molecule has 1 aromatic carbocycles. The van der Waals surface area contributed by atoms with Gasteiger partial charge in [-0.25, -0.2) is 4.79 Å². The second kappa shape index (κ2) is 3.34. The van der Waals surface area contributed by atoms with Gasteiger partial charge in [-0.3, -0.25) is 0 Å². The number of hydrogen-bond acceptors (Lipinski definition) is 2. The Morgan fingerprint density at radius 2 is 2.21 bits per heavy atom. The number of aliphatic imine (C=N–C) groups is 1. The Labute approximate surface area is 91.2 Å². The average Bonchev–Trinajstić information content (AvgIpc) is 2.91. The third kappa shape index (κ3) is 1.54. The lowest BCUT2D eigenvalue weighted by Crippen LogP contribution is -2.04. The summed E-state index contributed by atoms with van der Waals surface area (Å²) < 4.78 is 1.03. The molecule has 1 aromatic rings. The van der Waals surface area contributed by atoms with Crippen LogP contribution < -0.4 is 0 Å². The normalized spacial score (nSPS) is 17.3. The van der Waals surface area contributed by atoms with Gasteiger partial charge >= 0.3 is 0 Å². The van der Waals surface area contributed by atoms with Crippen LogP contribution >= 0.6 is 15.9 Å². The van der Waals surface area contributed by atoms with E-state index in [1.165, 1.54) is 5.56 Å². The first kappa shape index (κ1) is 9.63. The highest BCUT2D eigenvalue weighted by atomic mass is 79.9. The van der Waals surface area contributed by atoms with Crippen molar-refractivity contribution in [3.63, 3.8) is 0 Å². The standard InChI is InChI=1S/C11H10BrNO/c1-8-2-3-9(12)6-10(8)11(4-5-11)13-7-14/h2-3,6H,4-5H2,1H3. The summed E-state index contributed by atoms with van der Waals surface area (Å²) in [5.74, 6) is 0. The minimum atomic E-state index is -0.254. The maximum absolute atomic E-state index is 10.3. The Bertz CT molecular complexity index is 417. The zero-order valence-corrected chi connectivity index (χ0v) is 9.47. The molecular formula is C11H10BrNO. The highest BCUT2D eigenvalue weighted by molar-refractivity contribution is 9.10. The summed E-state index contributed by atoms with van der Waals surface area (Å²) in [6.07, 6.45) is 3.59. The summed E-state index contributed by atoms with van der Waals surface area (Å²) in [6, 6.07) is 6.09. The molecule has 3 heteroatoms. The van der Waals surface area contributed by atoms with Crippen molar-refractivity contribution in [1.82, 2.24) is 0 Å². The number of isocyanates is 1. The van der Waals surface area contributed by atoms with Crippen LogP contribution in [-0.4, -0.2) is 6.08 Å². The van der Waals surface area contributed by atoms with Crippen LogP contribution in [0.5, 0.6) is 0 Å². The fourth-order valence-corrected chi connectivity index (χ4v) is 2.10. The van der Waals surface area contributed by atoms with E-state index in [1.54, 1.807) is 6.08 Å². The van der Waals surface area contributed by atoms with Gasteiger partial charge in [0.05, 0.1) is 5.54 Å². The largest absolute Gasteiger partial charge is 0.235 e.